The highest BCUT2D eigenvalue weighted by atomic mass is 32.1. The second kappa shape index (κ2) is 7.64. The van der Waals surface area contributed by atoms with Gasteiger partial charge in [-0.1, -0.05) is 6.92 Å². The number of nitrogens with zero attached hydrogens (tertiary/aromatic N) is 3. The van der Waals surface area contributed by atoms with Gasteiger partial charge in [-0.05, 0) is 31.6 Å². The molecule has 2 amide bonds. The molecule has 7 heteroatoms. The van der Waals surface area contributed by atoms with Gasteiger partial charge < -0.3 is 14.5 Å². The Labute approximate surface area is 158 Å². The fourth-order valence-electron chi connectivity index (χ4n) is 4.50. The number of aromatic nitrogens is 1. The highest BCUT2D eigenvalue weighted by Gasteiger charge is 2.41. The summed E-state index contributed by atoms with van der Waals surface area (Å²) in [7, 11) is 0. The molecule has 0 aromatic carbocycles. The van der Waals surface area contributed by atoms with E-state index in [9.17, 15) is 9.59 Å². The number of carbonyl (C=O) groups is 2. The van der Waals surface area contributed by atoms with Crippen LogP contribution in [0, 0.1) is 17.8 Å². The van der Waals surface area contributed by atoms with Crippen LogP contribution in [0.3, 0.4) is 0 Å². The van der Waals surface area contributed by atoms with Crippen molar-refractivity contribution in [2.75, 3.05) is 32.8 Å². The fourth-order valence-corrected chi connectivity index (χ4v) is 5.03. The van der Waals surface area contributed by atoms with Gasteiger partial charge >= 0.3 is 0 Å². The van der Waals surface area contributed by atoms with E-state index in [-0.39, 0.29) is 23.8 Å². The lowest BCUT2D eigenvalue weighted by Gasteiger charge is -2.29. The van der Waals surface area contributed by atoms with Gasteiger partial charge in [0.15, 0.2) is 0 Å². The van der Waals surface area contributed by atoms with E-state index in [0.717, 1.165) is 31.6 Å². The Bertz CT molecular complexity index is 642. The Balaban J connectivity index is 1.38. The van der Waals surface area contributed by atoms with Gasteiger partial charge in [0, 0.05) is 43.4 Å². The molecule has 2 atom stereocenters. The average Bonchev–Trinajstić information content (AvgIpc) is 3.27. The van der Waals surface area contributed by atoms with E-state index in [1.54, 1.807) is 10.9 Å². The van der Waals surface area contributed by atoms with Crippen LogP contribution in [-0.4, -0.2) is 65.5 Å². The smallest absolute Gasteiger partial charge is 0.273 e. The minimum Gasteiger partial charge on any atom is -0.374 e. The number of amides is 2. The minimum atomic E-state index is -0.0263. The predicted octanol–water partition coefficient (Wildman–Crippen LogP) is 2.27. The van der Waals surface area contributed by atoms with Gasteiger partial charge in [-0.3, -0.25) is 9.59 Å². The average molecular weight is 378 g/mol. The van der Waals surface area contributed by atoms with E-state index < -0.39 is 0 Å². The topological polar surface area (TPSA) is 62.7 Å². The lowest BCUT2D eigenvalue weighted by Crippen LogP contribution is -2.39. The van der Waals surface area contributed by atoms with Crippen molar-refractivity contribution < 1.29 is 14.3 Å². The predicted molar refractivity (Wildman–Crippen MR) is 98.9 cm³/mol. The quantitative estimate of drug-likeness (QED) is 0.793. The van der Waals surface area contributed by atoms with Gasteiger partial charge in [-0.15, -0.1) is 11.3 Å². The van der Waals surface area contributed by atoms with Gasteiger partial charge in [0.2, 0.25) is 5.91 Å². The maximum Gasteiger partial charge on any atom is 0.273 e. The van der Waals surface area contributed by atoms with Crippen LogP contribution in [0.4, 0.5) is 0 Å². The van der Waals surface area contributed by atoms with Crippen molar-refractivity contribution >= 4 is 23.2 Å². The van der Waals surface area contributed by atoms with E-state index in [0.29, 0.717) is 44.4 Å². The molecule has 6 nitrogen and oxygen atoms in total. The van der Waals surface area contributed by atoms with Crippen LogP contribution < -0.4 is 0 Å². The van der Waals surface area contributed by atoms with Gasteiger partial charge in [-0.2, -0.15) is 0 Å². The van der Waals surface area contributed by atoms with Gasteiger partial charge in [0.05, 0.1) is 18.2 Å². The SMILES string of the molecule is CC1CCC(C(=O)N2C[C@@H]3CN(C(=O)c4cscn4)CCO[C@@H]3C2)CC1. The van der Waals surface area contributed by atoms with Crippen LogP contribution in [0.2, 0.25) is 0 Å². The second-order valence-corrected chi connectivity index (χ2v) is 8.71. The van der Waals surface area contributed by atoms with Crippen LogP contribution in [0.5, 0.6) is 0 Å². The first-order valence-electron chi connectivity index (χ1n) is 9.69. The summed E-state index contributed by atoms with van der Waals surface area (Å²) in [6.45, 7) is 5.42. The number of thiazole rings is 1. The molecule has 3 heterocycles. The number of likely N-dealkylation sites (tertiary alicyclic amines) is 1. The number of hydrogen-bond acceptors (Lipinski definition) is 5. The maximum absolute atomic E-state index is 12.9. The van der Waals surface area contributed by atoms with Crippen molar-refractivity contribution in [2.24, 2.45) is 17.8 Å². The lowest BCUT2D eigenvalue weighted by molar-refractivity contribution is -0.136. The summed E-state index contributed by atoms with van der Waals surface area (Å²) in [5.74, 6) is 1.40. The third kappa shape index (κ3) is 3.64. The van der Waals surface area contributed by atoms with Crippen LogP contribution in [0.15, 0.2) is 10.9 Å². The van der Waals surface area contributed by atoms with E-state index in [1.807, 2.05) is 9.80 Å². The van der Waals surface area contributed by atoms with Crippen LogP contribution in [0.1, 0.15) is 43.1 Å². The monoisotopic (exact) mass is 377 g/mol. The van der Waals surface area contributed by atoms with Gasteiger partial charge in [0.1, 0.15) is 5.69 Å². The molecule has 4 rings (SSSR count). The third-order valence-electron chi connectivity index (χ3n) is 6.14. The van der Waals surface area contributed by atoms with E-state index in [1.165, 1.54) is 11.3 Å². The first-order chi connectivity index (χ1) is 12.6. The molecule has 26 heavy (non-hydrogen) atoms. The number of carbonyl (C=O) groups excluding carboxylic acids is 2. The molecule has 0 bridgehead atoms. The maximum atomic E-state index is 12.9. The summed E-state index contributed by atoms with van der Waals surface area (Å²) in [4.78, 5) is 33.5. The van der Waals surface area contributed by atoms with E-state index in [2.05, 4.69) is 11.9 Å². The number of rotatable bonds is 2. The highest BCUT2D eigenvalue weighted by Crippen LogP contribution is 2.32. The molecule has 0 radical (unpaired) electrons. The lowest BCUT2D eigenvalue weighted by atomic mass is 9.82. The van der Waals surface area contributed by atoms with Crippen molar-refractivity contribution in [2.45, 2.75) is 38.7 Å². The third-order valence-corrected chi connectivity index (χ3v) is 6.73. The highest BCUT2D eigenvalue weighted by molar-refractivity contribution is 7.07. The molecule has 1 aromatic heterocycles. The van der Waals surface area contributed by atoms with Gasteiger partial charge in [-0.25, -0.2) is 4.98 Å². The number of hydrogen-bond donors (Lipinski definition) is 0. The zero-order valence-electron chi connectivity index (χ0n) is 15.3. The summed E-state index contributed by atoms with van der Waals surface area (Å²) in [6.07, 6.45) is 4.39. The first-order valence-corrected chi connectivity index (χ1v) is 10.6. The second-order valence-electron chi connectivity index (χ2n) is 7.99. The summed E-state index contributed by atoms with van der Waals surface area (Å²) >= 11 is 1.43. The summed E-state index contributed by atoms with van der Waals surface area (Å²) < 4.78 is 6.00. The zero-order valence-corrected chi connectivity index (χ0v) is 16.1. The molecule has 3 aliphatic rings. The minimum absolute atomic E-state index is 0.0263. The Hall–Kier alpha value is -1.47. The molecule has 3 fully saturated rings. The molecule has 1 aliphatic carbocycles. The molecule has 2 saturated heterocycles. The van der Waals surface area contributed by atoms with Crippen molar-refractivity contribution in [3.8, 4) is 0 Å². The molecule has 0 unspecified atom stereocenters. The summed E-state index contributed by atoms with van der Waals surface area (Å²) in [5.41, 5.74) is 2.20. The fraction of sp³-hybridized carbons (Fsp3) is 0.737. The molecule has 0 N–H and O–H groups in total. The van der Waals surface area contributed by atoms with Crippen molar-refractivity contribution in [3.63, 3.8) is 0 Å². The van der Waals surface area contributed by atoms with E-state index in [4.69, 9.17) is 4.74 Å². The number of fused-ring (bicyclic) bond motifs is 1. The number of ether oxygens (including phenoxy) is 1. The van der Waals surface area contributed by atoms with Crippen LogP contribution in [0.25, 0.3) is 0 Å². The summed E-state index contributed by atoms with van der Waals surface area (Å²) in [5, 5.41) is 1.79. The molecule has 1 aromatic rings. The molecule has 1 saturated carbocycles. The van der Waals surface area contributed by atoms with Crippen molar-refractivity contribution in [1.29, 1.82) is 0 Å². The molecule has 2 aliphatic heterocycles. The zero-order chi connectivity index (χ0) is 18.1. The molecular formula is C19H27N3O3S. The van der Waals surface area contributed by atoms with Crippen LogP contribution in [-0.2, 0) is 9.53 Å². The summed E-state index contributed by atoms with van der Waals surface area (Å²) in [6, 6.07) is 0. The standard InChI is InChI=1S/C19H27N3O3S/c1-13-2-4-14(5-3-13)18(23)22-9-15-8-21(6-7-25-17(15)10-22)19(24)16-11-26-12-20-16/h11-15,17H,2-10H2,1H3/t13?,14?,15-,17+/m0/s1. The Morgan fingerprint density at radius 1 is 1.15 bits per heavy atom. The van der Waals surface area contributed by atoms with Gasteiger partial charge in [0.25, 0.3) is 5.91 Å². The Kier molecular flexibility index (Phi) is 5.27. The normalized spacial score (nSPS) is 32.2. The first kappa shape index (κ1) is 17.9. The Morgan fingerprint density at radius 3 is 2.65 bits per heavy atom. The molecule has 142 valence electrons. The largest absolute Gasteiger partial charge is 0.374 e. The molecule has 0 spiro atoms. The van der Waals surface area contributed by atoms with Crippen molar-refractivity contribution in [3.05, 3.63) is 16.6 Å². The Morgan fingerprint density at radius 2 is 1.92 bits per heavy atom. The molecular weight excluding hydrogens is 350 g/mol. The van der Waals surface area contributed by atoms with Crippen LogP contribution >= 0.6 is 11.3 Å². The van der Waals surface area contributed by atoms with E-state index >= 15 is 0 Å². The van der Waals surface area contributed by atoms with Crippen molar-refractivity contribution in [1.82, 2.24) is 14.8 Å².